The van der Waals surface area contributed by atoms with E-state index >= 15 is 0 Å². The molecule has 2 amide bonds. The number of thioether (sulfide) groups is 1. The minimum absolute atomic E-state index is 0.0360. The highest BCUT2D eigenvalue weighted by molar-refractivity contribution is 7.99. The highest BCUT2D eigenvalue weighted by atomic mass is 35.5. The van der Waals surface area contributed by atoms with Crippen LogP contribution in [0, 0.1) is 0 Å². The van der Waals surface area contributed by atoms with Gasteiger partial charge in [-0.2, -0.15) is 0 Å². The summed E-state index contributed by atoms with van der Waals surface area (Å²) in [6.07, 6.45) is 0.647. The summed E-state index contributed by atoms with van der Waals surface area (Å²) in [5.74, 6) is -0.380. The van der Waals surface area contributed by atoms with E-state index in [4.69, 9.17) is 23.2 Å². The number of rotatable bonds is 10. The molecule has 0 aliphatic rings. The van der Waals surface area contributed by atoms with Crippen LogP contribution in [0.2, 0.25) is 10.0 Å². The minimum Gasteiger partial charge on any atom is -0.352 e. The van der Waals surface area contributed by atoms with Gasteiger partial charge in [-0.05, 0) is 42.3 Å². The molecular formula is C27H24Cl2N4O3S. The number of nitrogens with one attached hydrogen (secondary N) is 2. The molecule has 0 aliphatic carbocycles. The SMILES string of the molecule is O=C(CCCn1c(SCC(=O)Nc2ccccc2Cl)nc2ccccc2c1=O)NCc1ccccc1Cl. The Hall–Kier alpha value is -3.33. The molecule has 0 fully saturated rings. The van der Waals surface area contributed by atoms with Crippen molar-refractivity contribution in [2.75, 3.05) is 11.1 Å². The fourth-order valence-corrected chi connectivity index (χ4v) is 4.87. The fourth-order valence-electron chi connectivity index (χ4n) is 3.66. The minimum atomic E-state index is -0.272. The number of fused-ring (bicyclic) bond motifs is 1. The van der Waals surface area contributed by atoms with Gasteiger partial charge in [0.15, 0.2) is 5.16 Å². The van der Waals surface area contributed by atoms with Gasteiger partial charge in [-0.1, -0.05) is 77.4 Å². The quantitative estimate of drug-likeness (QED) is 0.198. The van der Waals surface area contributed by atoms with Crippen LogP contribution in [0.5, 0.6) is 0 Å². The number of hydrogen-bond acceptors (Lipinski definition) is 5. The van der Waals surface area contributed by atoms with Crippen molar-refractivity contribution in [3.8, 4) is 0 Å². The van der Waals surface area contributed by atoms with Crippen molar-refractivity contribution in [3.63, 3.8) is 0 Å². The van der Waals surface area contributed by atoms with Crippen LogP contribution in [0.4, 0.5) is 5.69 Å². The van der Waals surface area contributed by atoms with Gasteiger partial charge in [0.1, 0.15) is 0 Å². The smallest absolute Gasteiger partial charge is 0.262 e. The molecule has 0 atom stereocenters. The van der Waals surface area contributed by atoms with Gasteiger partial charge >= 0.3 is 0 Å². The van der Waals surface area contributed by atoms with E-state index in [0.717, 1.165) is 17.3 Å². The predicted molar refractivity (Wildman–Crippen MR) is 149 cm³/mol. The van der Waals surface area contributed by atoms with Crippen LogP contribution in [-0.4, -0.2) is 27.1 Å². The molecule has 2 N–H and O–H groups in total. The van der Waals surface area contributed by atoms with E-state index in [1.807, 2.05) is 18.2 Å². The summed E-state index contributed by atoms with van der Waals surface area (Å²) in [6, 6.07) is 21.4. The second kappa shape index (κ2) is 12.8. The molecule has 3 aromatic carbocycles. The Bertz CT molecular complexity index is 1490. The number of nitrogens with zero attached hydrogens (tertiary/aromatic N) is 2. The highest BCUT2D eigenvalue weighted by Crippen LogP contribution is 2.22. The first-order chi connectivity index (χ1) is 17.9. The van der Waals surface area contributed by atoms with E-state index in [-0.39, 0.29) is 36.1 Å². The zero-order valence-corrected chi connectivity index (χ0v) is 22.1. The van der Waals surface area contributed by atoms with Crippen molar-refractivity contribution < 1.29 is 9.59 Å². The number of hydrogen-bond donors (Lipinski definition) is 2. The Morgan fingerprint density at radius 3 is 2.38 bits per heavy atom. The molecule has 10 heteroatoms. The number of amides is 2. The summed E-state index contributed by atoms with van der Waals surface area (Å²) in [7, 11) is 0. The molecule has 0 saturated heterocycles. The molecule has 0 radical (unpaired) electrons. The third-order valence-electron chi connectivity index (χ3n) is 5.53. The number of carbonyl (C=O) groups is 2. The molecule has 4 rings (SSSR count). The van der Waals surface area contributed by atoms with E-state index in [1.54, 1.807) is 54.6 Å². The van der Waals surface area contributed by atoms with Crippen molar-refractivity contribution in [2.24, 2.45) is 0 Å². The van der Waals surface area contributed by atoms with Crippen molar-refractivity contribution in [1.29, 1.82) is 0 Å². The standard InChI is InChI=1S/C27H24Cl2N4O3S/c28-20-10-3-1-8-18(20)16-30-24(34)14-7-15-33-26(36)19-9-2-5-12-22(19)32-27(33)37-17-25(35)31-23-13-6-4-11-21(23)29/h1-6,8-13H,7,14-17H2,(H,30,34)(H,31,35). The van der Waals surface area contributed by atoms with Crippen LogP contribution in [-0.2, 0) is 22.7 Å². The fraction of sp³-hybridized carbons (Fsp3) is 0.185. The lowest BCUT2D eigenvalue weighted by Gasteiger charge is -2.13. The number of halogens is 2. The number of carbonyl (C=O) groups excluding carboxylic acids is 2. The zero-order chi connectivity index (χ0) is 26.2. The second-order valence-electron chi connectivity index (χ2n) is 8.16. The first kappa shape index (κ1) is 26.7. The number of para-hydroxylation sites is 2. The van der Waals surface area contributed by atoms with E-state index in [0.29, 0.717) is 44.8 Å². The number of anilines is 1. The van der Waals surface area contributed by atoms with Gasteiger partial charge in [-0.15, -0.1) is 0 Å². The second-order valence-corrected chi connectivity index (χ2v) is 9.91. The van der Waals surface area contributed by atoms with Crippen molar-refractivity contribution in [3.05, 3.63) is 98.8 Å². The summed E-state index contributed by atoms with van der Waals surface area (Å²) in [5.41, 5.74) is 1.69. The maximum atomic E-state index is 13.2. The van der Waals surface area contributed by atoms with Crippen molar-refractivity contribution in [1.82, 2.24) is 14.9 Å². The summed E-state index contributed by atoms with van der Waals surface area (Å²) < 4.78 is 1.52. The van der Waals surface area contributed by atoms with Crippen LogP contribution < -0.4 is 16.2 Å². The Kier molecular flexibility index (Phi) is 9.22. The molecule has 7 nitrogen and oxygen atoms in total. The van der Waals surface area contributed by atoms with Crippen LogP contribution in [0.3, 0.4) is 0 Å². The lowest BCUT2D eigenvalue weighted by atomic mass is 10.2. The van der Waals surface area contributed by atoms with Crippen molar-refractivity contribution in [2.45, 2.75) is 31.1 Å². The average molecular weight is 555 g/mol. The summed E-state index contributed by atoms with van der Waals surface area (Å²) >= 11 is 13.4. The molecule has 1 aromatic heterocycles. The molecule has 0 saturated carbocycles. The van der Waals surface area contributed by atoms with Crippen LogP contribution in [0.15, 0.2) is 82.7 Å². The van der Waals surface area contributed by atoms with Crippen LogP contribution in [0.25, 0.3) is 10.9 Å². The van der Waals surface area contributed by atoms with Crippen LogP contribution in [0.1, 0.15) is 18.4 Å². The van der Waals surface area contributed by atoms with Gasteiger partial charge in [0.05, 0.1) is 27.4 Å². The maximum absolute atomic E-state index is 13.2. The molecule has 0 bridgehead atoms. The summed E-state index contributed by atoms with van der Waals surface area (Å²) in [6.45, 7) is 0.613. The third kappa shape index (κ3) is 7.13. The molecule has 0 aliphatic heterocycles. The molecule has 0 spiro atoms. The van der Waals surface area contributed by atoms with Gasteiger partial charge in [-0.3, -0.25) is 19.0 Å². The Morgan fingerprint density at radius 2 is 1.59 bits per heavy atom. The van der Waals surface area contributed by atoms with E-state index < -0.39 is 0 Å². The lowest BCUT2D eigenvalue weighted by Crippen LogP contribution is -2.26. The van der Waals surface area contributed by atoms with Crippen molar-refractivity contribution >= 4 is 63.4 Å². The monoisotopic (exact) mass is 554 g/mol. The predicted octanol–water partition coefficient (Wildman–Crippen LogP) is 5.53. The molecule has 37 heavy (non-hydrogen) atoms. The van der Waals surface area contributed by atoms with Crippen LogP contribution >= 0.6 is 35.0 Å². The third-order valence-corrected chi connectivity index (χ3v) is 7.20. The molecule has 1 heterocycles. The Labute approximate surface area is 228 Å². The average Bonchev–Trinajstić information content (AvgIpc) is 2.90. The molecule has 4 aromatic rings. The largest absolute Gasteiger partial charge is 0.352 e. The molecule has 190 valence electrons. The zero-order valence-electron chi connectivity index (χ0n) is 19.7. The van der Waals surface area contributed by atoms with Gasteiger partial charge < -0.3 is 10.6 Å². The number of aromatic nitrogens is 2. The summed E-state index contributed by atoms with van der Waals surface area (Å²) in [5, 5.41) is 7.56. The normalized spacial score (nSPS) is 10.9. The van der Waals surface area contributed by atoms with Gasteiger partial charge in [0.2, 0.25) is 11.8 Å². The Morgan fingerprint density at radius 1 is 0.892 bits per heavy atom. The Balaban J connectivity index is 1.42. The topological polar surface area (TPSA) is 93.1 Å². The molecule has 0 unspecified atom stereocenters. The lowest BCUT2D eigenvalue weighted by molar-refractivity contribution is -0.121. The van der Waals surface area contributed by atoms with Gasteiger partial charge in [-0.25, -0.2) is 4.98 Å². The summed E-state index contributed by atoms with van der Waals surface area (Å²) in [4.78, 5) is 42.8. The van der Waals surface area contributed by atoms with E-state index in [1.165, 1.54) is 4.57 Å². The number of benzene rings is 3. The highest BCUT2D eigenvalue weighted by Gasteiger charge is 2.14. The first-order valence-electron chi connectivity index (χ1n) is 11.6. The maximum Gasteiger partial charge on any atom is 0.262 e. The van der Waals surface area contributed by atoms with E-state index in [2.05, 4.69) is 15.6 Å². The molecular weight excluding hydrogens is 531 g/mol. The van der Waals surface area contributed by atoms with Gasteiger partial charge in [0.25, 0.3) is 5.56 Å². The van der Waals surface area contributed by atoms with E-state index in [9.17, 15) is 14.4 Å². The first-order valence-corrected chi connectivity index (χ1v) is 13.3. The van der Waals surface area contributed by atoms with Gasteiger partial charge in [0, 0.05) is 24.5 Å².